The first-order chi connectivity index (χ1) is 7.04. The molecule has 0 atom stereocenters. The van der Waals surface area contributed by atoms with Gasteiger partial charge in [0, 0.05) is 0 Å². The summed E-state index contributed by atoms with van der Waals surface area (Å²) in [5.41, 5.74) is -0.631. The lowest BCUT2D eigenvalue weighted by Crippen LogP contribution is -2.31. The van der Waals surface area contributed by atoms with Gasteiger partial charge in [-0.1, -0.05) is 0 Å². The second-order valence-corrected chi connectivity index (χ2v) is 3.64. The Balaban J connectivity index is 2.08. The molecule has 1 amide bonds. The molecule has 1 saturated carbocycles. The molecular formula is C9H10N2O4. The summed E-state index contributed by atoms with van der Waals surface area (Å²) in [5.74, 6) is -1.65. The maximum atomic E-state index is 11.6. The van der Waals surface area contributed by atoms with Gasteiger partial charge in [0.1, 0.15) is 11.7 Å². The van der Waals surface area contributed by atoms with Gasteiger partial charge >= 0.3 is 12.0 Å². The molecule has 0 unspecified atom stereocenters. The molecule has 0 radical (unpaired) electrons. The molecule has 0 aromatic carbocycles. The Kier molecular flexibility index (Phi) is 1.99. The fourth-order valence-corrected chi connectivity index (χ4v) is 1.29. The quantitative estimate of drug-likeness (QED) is 0.719. The highest BCUT2D eigenvalue weighted by atomic mass is 16.4. The SMILES string of the molecule is Cc1coc(NC(=O)C2(C(=O)O)CC2)n1. The number of rotatable bonds is 3. The minimum atomic E-state index is -1.26. The van der Waals surface area contributed by atoms with Crippen molar-refractivity contribution >= 4 is 17.9 Å². The van der Waals surface area contributed by atoms with Crippen LogP contribution in [0, 0.1) is 12.3 Å². The number of carboxylic acids is 1. The smallest absolute Gasteiger partial charge is 0.319 e. The van der Waals surface area contributed by atoms with Crippen molar-refractivity contribution in [1.82, 2.24) is 4.98 Å². The lowest BCUT2D eigenvalue weighted by Gasteiger charge is -2.07. The summed E-state index contributed by atoms with van der Waals surface area (Å²) in [6.07, 6.45) is 2.12. The molecule has 80 valence electrons. The van der Waals surface area contributed by atoms with E-state index in [1.54, 1.807) is 6.92 Å². The van der Waals surface area contributed by atoms with Crippen LogP contribution in [0.25, 0.3) is 0 Å². The first kappa shape index (κ1) is 9.70. The van der Waals surface area contributed by atoms with Gasteiger partial charge in [-0.2, -0.15) is 4.98 Å². The largest absolute Gasteiger partial charge is 0.480 e. The normalized spacial score (nSPS) is 17.1. The third-order valence-corrected chi connectivity index (χ3v) is 2.43. The summed E-state index contributed by atoms with van der Waals surface area (Å²) in [4.78, 5) is 26.2. The number of carboxylic acid groups (broad SMARTS) is 1. The van der Waals surface area contributed by atoms with Crippen LogP contribution in [-0.2, 0) is 9.59 Å². The van der Waals surface area contributed by atoms with Crippen LogP contribution in [0.5, 0.6) is 0 Å². The maximum absolute atomic E-state index is 11.6. The zero-order chi connectivity index (χ0) is 11.1. The van der Waals surface area contributed by atoms with Crippen LogP contribution in [0.4, 0.5) is 6.01 Å². The number of anilines is 1. The summed E-state index contributed by atoms with van der Waals surface area (Å²) in [5, 5.41) is 11.2. The summed E-state index contributed by atoms with van der Waals surface area (Å²) in [7, 11) is 0. The molecule has 2 rings (SSSR count). The van der Waals surface area contributed by atoms with Gasteiger partial charge in [0.2, 0.25) is 5.91 Å². The van der Waals surface area contributed by atoms with Crippen LogP contribution in [-0.4, -0.2) is 22.0 Å². The number of carbonyl (C=O) groups is 2. The second-order valence-electron chi connectivity index (χ2n) is 3.64. The van der Waals surface area contributed by atoms with Gasteiger partial charge in [0.05, 0.1) is 5.69 Å². The van der Waals surface area contributed by atoms with Crippen molar-refractivity contribution in [2.75, 3.05) is 5.32 Å². The van der Waals surface area contributed by atoms with Gasteiger partial charge in [-0.3, -0.25) is 14.9 Å². The van der Waals surface area contributed by atoms with Crippen molar-refractivity contribution in [2.24, 2.45) is 5.41 Å². The molecule has 2 N–H and O–H groups in total. The van der Waals surface area contributed by atoms with Crippen molar-refractivity contribution in [1.29, 1.82) is 0 Å². The lowest BCUT2D eigenvalue weighted by atomic mass is 10.1. The second kappa shape index (κ2) is 3.08. The molecule has 0 saturated heterocycles. The Hall–Kier alpha value is -1.85. The molecule has 0 bridgehead atoms. The van der Waals surface area contributed by atoms with E-state index in [2.05, 4.69) is 10.3 Å². The molecule has 1 aliphatic carbocycles. The summed E-state index contributed by atoms with van der Waals surface area (Å²) < 4.78 is 4.90. The summed E-state index contributed by atoms with van der Waals surface area (Å²) in [6, 6.07) is 0.0463. The first-order valence-electron chi connectivity index (χ1n) is 4.51. The van der Waals surface area contributed by atoms with E-state index < -0.39 is 17.3 Å². The lowest BCUT2D eigenvalue weighted by molar-refractivity contribution is -0.147. The number of nitrogens with one attached hydrogen (secondary N) is 1. The van der Waals surface area contributed by atoms with Crippen molar-refractivity contribution in [3.63, 3.8) is 0 Å². The number of aliphatic carboxylic acids is 1. The van der Waals surface area contributed by atoms with Gasteiger partial charge in [0.25, 0.3) is 0 Å². The van der Waals surface area contributed by atoms with Gasteiger partial charge in [-0.25, -0.2) is 0 Å². The summed E-state index contributed by atoms with van der Waals surface area (Å²) >= 11 is 0. The van der Waals surface area contributed by atoms with E-state index in [1.807, 2.05) is 0 Å². The highest BCUT2D eigenvalue weighted by molar-refractivity contribution is 6.10. The van der Waals surface area contributed by atoms with E-state index in [-0.39, 0.29) is 6.01 Å². The molecule has 1 aromatic heterocycles. The fraction of sp³-hybridized carbons (Fsp3) is 0.444. The van der Waals surface area contributed by atoms with Gasteiger partial charge in [-0.15, -0.1) is 0 Å². The van der Waals surface area contributed by atoms with Gasteiger partial charge in [-0.05, 0) is 19.8 Å². The fourth-order valence-electron chi connectivity index (χ4n) is 1.29. The molecule has 1 aliphatic rings. The van der Waals surface area contributed by atoms with Gasteiger partial charge in [0.15, 0.2) is 0 Å². The average molecular weight is 210 g/mol. The standard InChI is InChI=1S/C9H10N2O4/c1-5-4-15-8(10-5)11-6(12)9(2-3-9)7(13)14/h4H,2-3H2,1H3,(H,13,14)(H,10,11,12). The number of oxazole rings is 1. The van der Waals surface area contributed by atoms with Crippen molar-refractivity contribution in [3.8, 4) is 0 Å². The van der Waals surface area contributed by atoms with E-state index in [0.717, 1.165) is 0 Å². The predicted molar refractivity (Wildman–Crippen MR) is 49.2 cm³/mol. The molecule has 1 aromatic rings. The Labute approximate surface area is 85.3 Å². The molecule has 0 spiro atoms. The highest BCUT2D eigenvalue weighted by Gasteiger charge is 2.57. The van der Waals surface area contributed by atoms with Crippen molar-refractivity contribution in [2.45, 2.75) is 19.8 Å². The number of nitrogens with zero attached hydrogens (tertiary/aromatic N) is 1. The minimum absolute atomic E-state index is 0.0463. The van der Waals surface area contributed by atoms with Crippen LogP contribution in [0.1, 0.15) is 18.5 Å². The van der Waals surface area contributed by atoms with E-state index in [9.17, 15) is 9.59 Å². The topological polar surface area (TPSA) is 92.4 Å². The molecule has 1 heterocycles. The van der Waals surface area contributed by atoms with Gasteiger partial charge < -0.3 is 9.52 Å². The Morgan fingerprint density at radius 3 is 2.67 bits per heavy atom. The molecule has 15 heavy (non-hydrogen) atoms. The highest BCUT2D eigenvalue weighted by Crippen LogP contribution is 2.46. The number of aromatic nitrogens is 1. The first-order valence-corrected chi connectivity index (χ1v) is 4.51. The average Bonchev–Trinajstić information content (AvgIpc) is 2.88. The number of hydrogen-bond acceptors (Lipinski definition) is 4. The summed E-state index contributed by atoms with van der Waals surface area (Å²) in [6.45, 7) is 1.71. The van der Waals surface area contributed by atoms with Crippen molar-refractivity contribution < 1.29 is 19.1 Å². The van der Waals surface area contributed by atoms with E-state index in [1.165, 1.54) is 6.26 Å². The number of aryl methyl sites for hydroxylation is 1. The predicted octanol–water partition coefficient (Wildman–Crippen LogP) is 0.786. The number of hydrogen-bond donors (Lipinski definition) is 2. The number of carbonyl (C=O) groups excluding carboxylic acids is 1. The molecule has 6 heteroatoms. The van der Waals surface area contributed by atoms with E-state index in [4.69, 9.17) is 9.52 Å². The Morgan fingerprint density at radius 2 is 2.27 bits per heavy atom. The molecule has 1 fully saturated rings. The zero-order valence-electron chi connectivity index (χ0n) is 8.11. The van der Waals surface area contributed by atoms with Crippen LogP contribution < -0.4 is 5.32 Å². The van der Waals surface area contributed by atoms with E-state index in [0.29, 0.717) is 18.5 Å². The van der Waals surface area contributed by atoms with Crippen molar-refractivity contribution in [3.05, 3.63) is 12.0 Å². The van der Waals surface area contributed by atoms with Crippen LogP contribution in [0.3, 0.4) is 0 Å². The maximum Gasteiger partial charge on any atom is 0.319 e. The molecule has 0 aliphatic heterocycles. The molecular weight excluding hydrogens is 200 g/mol. The number of amides is 1. The molecule has 6 nitrogen and oxygen atoms in total. The third kappa shape index (κ3) is 1.58. The van der Waals surface area contributed by atoms with Crippen LogP contribution in [0.15, 0.2) is 10.7 Å². The monoisotopic (exact) mass is 210 g/mol. The Bertz CT molecular complexity index is 420. The zero-order valence-corrected chi connectivity index (χ0v) is 8.11. The Morgan fingerprint density at radius 1 is 1.60 bits per heavy atom. The van der Waals surface area contributed by atoms with E-state index >= 15 is 0 Å². The minimum Gasteiger partial charge on any atom is -0.480 e. The van der Waals surface area contributed by atoms with Crippen LogP contribution >= 0.6 is 0 Å². The van der Waals surface area contributed by atoms with Crippen LogP contribution in [0.2, 0.25) is 0 Å². The third-order valence-electron chi connectivity index (χ3n) is 2.43.